The molecule has 0 fully saturated rings. The van der Waals surface area contributed by atoms with E-state index in [1.54, 1.807) is 26.4 Å². The van der Waals surface area contributed by atoms with Crippen molar-refractivity contribution in [3.63, 3.8) is 0 Å². The fraction of sp³-hybridized carbons (Fsp3) is 0.190. The van der Waals surface area contributed by atoms with Crippen LogP contribution < -0.4 is 25.4 Å². The van der Waals surface area contributed by atoms with Gasteiger partial charge in [-0.15, -0.1) is 0 Å². The van der Waals surface area contributed by atoms with Gasteiger partial charge in [0.05, 0.1) is 19.9 Å². The summed E-state index contributed by atoms with van der Waals surface area (Å²) < 4.78 is 10.7. The predicted molar refractivity (Wildman–Crippen MR) is 114 cm³/mol. The summed E-state index contributed by atoms with van der Waals surface area (Å²) in [4.78, 5) is 20.1. The number of anilines is 5. The van der Waals surface area contributed by atoms with Crippen LogP contribution in [0, 0.1) is 6.92 Å². The first-order valence-corrected chi connectivity index (χ1v) is 8.96. The first-order chi connectivity index (χ1) is 14.0. The number of benzene rings is 2. The second-order valence-electron chi connectivity index (χ2n) is 6.26. The maximum absolute atomic E-state index is 11.3. The van der Waals surface area contributed by atoms with Gasteiger partial charge in [-0.25, -0.2) is 9.97 Å². The molecule has 8 heteroatoms. The van der Waals surface area contributed by atoms with Crippen LogP contribution in [0.5, 0.6) is 11.5 Å². The highest BCUT2D eigenvalue weighted by Gasteiger charge is 2.09. The van der Waals surface area contributed by atoms with E-state index in [2.05, 4.69) is 25.9 Å². The third-order valence-electron chi connectivity index (χ3n) is 3.96. The van der Waals surface area contributed by atoms with Crippen LogP contribution >= 0.6 is 0 Å². The maximum atomic E-state index is 11.3. The fourth-order valence-corrected chi connectivity index (χ4v) is 2.76. The molecule has 1 amide bonds. The lowest BCUT2D eigenvalue weighted by Crippen LogP contribution is -2.06. The van der Waals surface area contributed by atoms with Gasteiger partial charge in [0.15, 0.2) is 0 Å². The Morgan fingerprint density at radius 3 is 2.31 bits per heavy atom. The largest absolute Gasteiger partial charge is 0.497 e. The highest BCUT2D eigenvalue weighted by molar-refractivity contribution is 5.89. The Bertz CT molecular complexity index is 1020. The van der Waals surface area contributed by atoms with Crippen molar-refractivity contribution < 1.29 is 14.3 Å². The van der Waals surface area contributed by atoms with Gasteiger partial charge in [0.2, 0.25) is 5.91 Å². The summed E-state index contributed by atoms with van der Waals surface area (Å²) in [5, 5.41) is 9.25. The van der Waals surface area contributed by atoms with Crippen molar-refractivity contribution in [1.29, 1.82) is 0 Å². The lowest BCUT2D eigenvalue weighted by Gasteiger charge is -2.14. The standard InChI is InChI=1S/C21H23N5O3/c1-13-22-20(25-16-7-5-6-15(10-16)24-14(2)27)12-21(23-13)26-18-9-8-17(28-3)11-19(18)29-4/h5-12H,1-4H3,(H,24,27)(H2,22,23,25,26). The zero-order valence-corrected chi connectivity index (χ0v) is 16.7. The van der Waals surface area contributed by atoms with E-state index in [1.807, 2.05) is 43.3 Å². The number of carbonyl (C=O) groups is 1. The molecule has 1 heterocycles. The molecular weight excluding hydrogens is 370 g/mol. The molecule has 0 spiro atoms. The van der Waals surface area contributed by atoms with Crippen LogP contribution in [0.2, 0.25) is 0 Å². The normalized spacial score (nSPS) is 10.2. The molecule has 0 aliphatic heterocycles. The van der Waals surface area contributed by atoms with Gasteiger partial charge in [-0.1, -0.05) is 6.07 Å². The molecule has 1 aromatic heterocycles. The predicted octanol–water partition coefficient (Wildman–Crippen LogP) is 4.25. The summed E-state index contributed by atoms with van der Waals surface area (Å²) in [6, 6.07) is 14.7. The van der Waals surface area contributed by atoms with Crippen LogP contribution in [0.1, 0.15) is 12.7 Å². The number of rotatable bonds is 7. The molecule has 3 aromatic rings. The monoisotopic (exact) mass is 393 g/mol. The molecule has 0 unspecified atom stereocenters. The summed E-state index contributed by atoms with van der Waals surface area (Å²) in [7, 11) is 3.20. The van der Waals surface area contributed by atoms with Crippen molar-refractivity contribution in [2.24, 2.45) is 0 Å². The van der Waals surface area contributed by atoms with Crippen LogP contribution in [0.4, 0.5) is 28.7 Å². The summed E-state index contributed by atoms with van der Waals surface area (Å²) in [5.41, 5.74) is 2.25. The smallest absolute Gasteiger partial charge is 0.221 e. The number of aromatic nitrogens is 2. The molecule has 3 N–H and O–H groups in total. The molecule has 2 aromatic carbocycles. The molecule has 0 saturated heterocycles. The molecule has 8 nitrogen and oxygen atoms in total. The summed E-state index contributed by atoms with van der Waals surface area (Å²) in [5.74, 6) is 3.04. The molecule has 0 radical (unpaired) electrons. The number of carbonyl (C=O) groups excluding carboxylic acids is 1. The zero-order chi connectivity index (χ0) is 20.8. The lowest BCUT2D eigenvalue weighted by molar-refractivity contribution is -0.114. The van der Waals surface area contributed by atoms with Crippen LogP contribution in [0.25, 0.3) is 0 Å². The number of nitrogens with zero attached hydrogens (tertiary/aromatic N) is 2. The van der Waals surface area contributed by atoms with E-state index in [4.69, 9.17) is 9.47 Å². The van der Waals surface area contributed by atoms with E-state index >= 15 is 0 Å². The molecule has 29 heavy (non-hydrogen) atoms. The average Bonchev–Trinajstić information content (AvgIpc) is 2.67. The zero-order valence-electron chi connectivity index (χ0n) is 16.7. The number of ether oxygens (including phenoxy) is 2. The summed E-state index contributed by atoms with van der Waals surface area (Å²) in [6.45, 7) is 3.29. The van der Waals surface area contributed by atoms with Crippen molar-refractivity contribution in [3.8, 4) is 11.5 Å². The first kappa shape index (κ1) is 19.9. The number of methoxy groups -OCH3 is 2. The number of hydrogen-bond donors (Lipinski definition) is 3. The Labute approximate surface area is 169 Å². The van der Waals surface area contributed by atoms with Gasteiger partial charge in [-0.3, -0.25) is 4.79 Å². The van der Waals surface area contributed by atoms with Gasteiger partial charge < -0.3 is 25.4 Å². The molecule has 0 saturated carbocycles. The van der Waals surface area contributed by atoms with Crippen LogP contribution in [-0.4, -0.2) is 30.1 Å². The third kappa shape index (κ3) is 5.35. The second kappa shape index (κ2) is 8.92. The second-order valence-corrected chi connectivity index (χ2v) is 6.26. The Morgan fingerprint density at radius 2 is 1.62 bits per heavy atom. The van der Waals surface area contributed by atoms with Crippen molar-refractivity contribution >= 4 is 34.6 Å². The van der Waals surface area contributed by atoms with Crippen molar-refractivity contribution in [1.82, 2.24) is 9.97 Å². The van der Waals surface area contributed by atoms with E-state index in [1.165, 1.54) is 6.92 Å². The van der Waals surface area contributed by atoms with Gasteiger partial charge in [0.1, 0.15) is 29.0 Å². The van der Waals surface area contributed by atoms with Crippen LogP contribution in [0.3, 0.4) is 0 Å². The van der Waals surface area contributed by atoms with E-state index in [0.29, 0.717) is 34.6 Å². The highest BCUT2D eigenvalue weighted by atomic mass is 16.5. The summed E-state index contributed by atoms with van der Waals surface area (Å²) >= 11 is 0. The number of nitrogens with one attached hydrogen (secondary N) is 3. The Balaban J connectivity index is 1.83. The number of amides is 1. The van der Waals surface area contributed by atoms with E-state index in [9.17, 15) is 4.79 Å². The van der Waals surface area contributed by atoms with Gasteiger partial charge in [0, 0.05) is 30.4 Å². The van der Waals surface area contributed by atoms with Crippen molar-refractivity contribution in [3.05, 3.63) is 54.4 Å². The van der Waals surface area contributed by atoms with Gasteiger partial charge in [-0.2, -0.15) is 0 Å². The van der Waals surface area contributed by atoms with Gasteiger partial charge in [-0.05, 0) is 37.3 Å². The minimum absolute atomic E-state index is 0.125. The van der Waals surface area contributed by atoms with Gasteiger partial charge in [0.25, 0.3) is 0 Å². The minimum atomic E-state index is -0.125. The Kier molecular flexibility index (Phi) is 6.13. The maximum Gasteiger partial charge on any atom is 0.221 e. The topological polar surface area (TPSA) is 97.4 Å². The van der Waals surface area contributed by atoms with E-state index in [0.717, 1.165) is 11.4 Å². The third-order valence-corrected chi connectivity index (χ3v) is 3.96. The Hall–Kier alpha value is -3.81. The minimum Gasteiger partial charge on any atom is -0.497 e. The molecule has 0 atom stereocenters. The molecule has 0 bridgehead atoms. The van der Waals surface area contributed by atoms with Crippen LogP contribution in [0.15, 0.2) is 48.5 Å². The molecule has 3 rings (SSSR count). The quantitative estimate of drug-likeness (QED) is 0.552. The van der Waals surface area contributed by atoms with E-state index in [-0.39, 0.29) is 5.91 Å². The molecule has 0 aliphatic rings. The summed E-state index contributed by atoms with van der Waals surface area (Å²) in [6.07, 6.45) is 0. The van der Waals surface area contributed by atoms with Crippen molar-refractivity contribution in [2.45, 2.75) is 13.8 Å². The van der Waals surface area contributed by atoms with Crippen LogP contribution in [-0.2, 0) is 4.79 Å². The lowest BCUT2D eigenvalue weighted by atomic mass is 10.2. The Morgan fingerprint density at radius 1 is 0.897 bits per heavy atom. The van der Waals surface area contributed by atoms with Gasteiger partial charge >= 0.3 is 0 Å². The average molecular weight is 393 g/mol. The van der Waals surface area contributed by atoms with E-state index < -0.39 is 0 Å². The first-order valence-electron chi connectivity index (χ1n) is 8.96. The fourth-order valence-electron chi connectivity index (χ4n) is 2.76. The highest BCUT2D eigenvalue weighted by Crippen LogP contribution is 2.31. The van der Waals surface area contributed by atoms with Crippen molar-refractivity contribution in [2.75, 3.05) is 30.2 Å². The molecule has 150 valence electrons. The molecule has 0 aliphatic carbocycles. The SMILES string of the molecule is COc1ccc(Nc2cc(Nc3cccc(NC(C)=O)c3)nc(C)n2)c(OC)c1. The number of hydrogen-bond acceptors (Lipinski definition) is 7. The molecular formula is C21H23N5O3. The number of aryl methyl sites for hydroxylation is 1.